The maximum atomic E-state index is 10.4. The van der Waals surface area contributed by atoms with E-state index in [4.69, 9.17) is 4.74 Å². The van der Waals surface area contributed by atoms with Crippen LogP contribution in [0.2, 0.25) is 0 Å². The number of ether oxygens (including phenoxy) is 1. The highest BCUT2D eigenvalue weighted by molar-refractivity contribution is 5.55. The molecular formula is C16H22O3. The van der Waals surface area contributed by atoms with Crippen LogP contribution in [0.1, 0.15) is 68.2 Å². The monoisotopic (exact) mass is 262 g/mol. The van der Waals surface area contributed by atoms with Gasteiger partial charge in [-0.05, 0) is 38.2 Å². The van der Waals surface area contributed by atoms with E-state index in [1.54, 1.807) is 0 Å². The zero-order valence-electron chi connectivity index (χ0n) is 11.9. The van der Waals surface area contributed by atoms with Gasteiger partial charge in [0.2, 0.25) is 0 Å². The molecule has 1 fully saturated rings. The Morgan fingerprint density at radius 2 is 2.05 bits per heavy atom. The lowest BCUT2D eigenvalue weighted by atomic mass is 9.73. The van der Waals surface area contributed by atoms with E-state index < -0.39 is 6.10 Å². The predicted octanol–water partition coefficient (Wildman–Crippen LogP) is 3.56. The van der Waals surface area contributed by atoms with Crippen LogP contribution in [-0.4, -0.2) is 15.8 Å². The summed E-state index contributed by atoms with van der Waals surface area (Å²) in [6.07, 6.45) is 3.37. The summed E-state index contributed by atoms with van der Waals surface area (Å²) in [6.45, 7) is 5.98. The summed E-state index contributed by atoms with van der Waals surface area (Å²) in [4.78, 5) is 0. The second-order valence-electron chi connectivity index (χ2n) is 6.36. The van der Waals surface area contributed by atoms with Gasteiger partial charge in [-0.3, -0.25) is 0 Å². The molecule has 1 unspecified atom stereocenters. The smallest absolute Gasteiger partial charge is 0.126 e. The Hall–Kier alpha value is -1.22. The van der Waals surface area contributed by atoms with Crippen LogP contribution in [0.15, 0.2) is 6.07 Å². The van der Waals surface area contributed by atoms with Gasteiger partial charge in [-0.2, -0.15) is 0 Å². The van der Waals surface area contributed by atoms with Crippen LogP contribution in [0.3, 0.4) is 0 Å². The van der Waals surface area contributed by atoms with Crippen molar-refractivity contribution in [2.45, 2.75) is 64.1 Å². The first-order valence-corrected chi connectivity index (χ1v) is 7.17. The first-order chi connectivity index (χ1) is 8.93. The second kappa shape index (κ2) is 4.14. The summed E-state index contributed by atoms with van der Waals surface area (Å²) in [5.41, 5.74) is 2.30. The lowest BCUT2D eigenvalue weighted by molar-refractivity contribution is -0.0667. The van der Waals surface area contributed by atoms with Crippen LogP contribution < -0.4 is 4.74 Å². The number of hydrogen-bond donors (Lipinski definition) is 2. The van der Waals surface area contributed by atoms with Gasteiger partial charge >= 0.3 is 0 Å². The number of fused-ring (bicyclic) bond motifs is 1. The zero-order valence-corrected chi connectivity index (χ0v) is 11.9. The summed E-state index contributed by atoms with van der Waals surface area (Å²) in [5, 5.41) is 20.7. The Morgan fingerprint density at radius 1 is 1.37 bits per heavy atom. The van der Waals surface area contributed by atoms with Crippen molar-refractivity contribution >= 4 is 0 Å². The SMILES string of the molecule is Cc1c(O)c(C(C)C)cc2c1C(O)CC1(CCC1)O2. The minimum atomic E-state index is -0.517. The molecule has 2 N–H and O–H groups in total. The van der Waals surface area contributed by atoms with Gasteiger partial charge < -0.3 is 14.9 Å². The maximum Gasteiger partial charge on any atom is 0.126 e. The van der Waals surface area contributed by atoms with Crippen LogP contribution in [0, 0.1) is 6.92 Å². The standard InChI is InChI=1S/C16H22O3/c1-9(2)11-7-13-14(10(3)15(11)18)12(17)8-16(19-13)5-4-6-16/h7,9,12,17-18H,4-6,8H2,1-3H3. The van der Waals surface area contributed by atoms with Gasteiger partial charge in [0.1, 0.15) is 17.1 Å². The summed E-state index contributed by atoms with van der Waals surface area (Å²) in [5.74, 6) is 1.32. The van der Waals surface area contributed by atoms with E-state index >= 15 is 0 Å². The molecule has 2 aliphatic rings. The Kier molecular flexibility index (Phi) is 2.79. The molecule has 0 amide bonds. The lowest BCUT2D eigenvalue weighted by Gasteiger charge is -2.47. The van der Waals surface area contributed by atoms with E-state index in [1.807, 2.05) is 13.0 Å². The van der Waals surface area contributed by atoms with E-state index in [1.165, 1.54) is 6.42 Å². The van der Waals surface area contributed by atoms with E-state index in [2.05, 4.69) is 13.8 Å². The average Bonchev–Trinajstić information content (AvgIpc) is 2.30. The lowest BCUT2D eigenvalue weighted by Crippen LogP contribution is -2.47. The van der Waals surface area contributed by atoms with Crippen molar-refractivity contribution in [2.24, 2.45) is 0 Å². The van der Waals surface area contributed by atoms with Crippen LogP contribution in [-0.2, 0) is 0 Å². The zero-order chi connectivity index (χ0) is 13.8. The van der Waals surface area contributed by atoms with Crippen molar-refractivity contribution in [1.29, 1.82) is 0 Å². The molecule has 1 saturated carbocycles. The van der Waals surface area contributed by atoms with Gasteiger partial charge in [-0.15, -0.1) is 0 Å². The van der Waals surface area contributed by atoms with Gasteiger partial charge in [0.25, 0.3) is 0 Å². The summed E-state index contributed by atoms with van der Waals surface area (Å²) < 4.78 is 6.18. The summed E-state index contributed by atoms with van der Waals surface area (Å²) >= 11 is 0. The Morgan fingerprint density at radius 3 is 2.58 bits per heavy atom. The first kappa shape index (κ1) is 12.8. The van der Waals surface area contributed by atoms with Crippen molar-refractivity contribution in [3.63, 3.8) is 0 Å². The molecule has 1 aromatic rings. The maximum absolute atomic E-state index is 10.4. The van der Waals surface area contributed by atoms with Crippen molar-refractivity contribution < 1.29 is 14.9 Å². The molecule has 1 aliphatic carbocycles. The molecule has 1 aliphatic heterocycles. The summed E-state index contributed by atoms with van der Waals surface area (Å²) in [7, 11) is 0. The molecular weight excluding hydrogens is 240 g/mol. The molecule has 0 radical (unpaired) electrons. The highest BCUT2D eigenvalue weighted by atomic mass is 16.5. The fraction of sp³-hybridized carbons (Fsp3) is 0.625. The fourth-order valence-corrected chi connectivity index (χ4v) is 3.36. The quantitative estimate of drug-likeness (QED) is 0.813. The average molecular weight is 262 g/mol. The molecule has 3 nitrogen and oxygen atoms in total. The van der Waals surface area contributed by atoms with Crippen molar-refractivity contribution in [3.8, 4) is 11.5 Å². The number of benzene rings is 1. The minimum Gasteiger partial charge on any atom is -0.507 e. The topological polar surface area (TPSA) is 49.7 Å². The van der Waals surface area contributed by atoms with Crippen LogP contribution in [0.25, 0.3) is 0 Å². The van der Waals surface area contributed by atoms with E-state index in [0.29, 0.717) is 12.2 Å². The van der Waals surface area contributed by atoms with Gasteiger partial charge in [-0.1, -0.05) is 13.8 Å². The number of phenolic OH excluding ortho intramolecular Hbond substituents is 1. The molecule has 3 rings (SSSR count). The van der Waals surface area contributed by atoms with E-state index in [-0.39, 0.29) is 11.5 Å². The molecule has 19 heavy (non-hydrogen) atoms. The van der Waals surface area contributed by atoms with Gasteiger partial charge in [-0.25, -0.2) is 0 Å². The highest BCUT2D eigenvalue weighted by Gasteiger charge is 2.46. The number of aliphatic hydroxyl groups excluding tert-OH is 1. The van der Waals surface area contributed by atoms with Gasteiger partial charge in [0.05, 0.1) is 6.10 Å². The van der Waals surface area contributed by atoms with Gasteiger partial charge in [0, 0.05) is 23.1 Å². The fourth-order valence-electron chi connectivity index (χ4n) is 3.36. The summed E-state index contributed by atoms with van der Waals surface area (Å²) in [6, 6.07) is 1.92. The number of aliphatic hydroxyl groups is 1. The number of rotatable bonds is 1. The largest absolute Gasteiger partial charge is 0.507 e. The third-order valence-corrected chi connectivity index (χ3v) is 4.70. The van der Waals surface area contributed by atoms with Crippen molar-refractivity contribution in [3.05, 3.63) is 22.8 Å². The molecule has 0 saturated heterocycles. The predicted molar refractivity (Wildman–Crippen MR) is 73.7 cm³/mol. The van der Waals surface area contributed by atoms with Crippen molar-refractivity contribution in [1.82, 2.24) is 0 Å². The molecule has 1 aromatic carbocycles. The second-order valence-corrected chi connectivity index (χ2v) is 6.36. The minimum absolute atomic E-state index is 0.149. The van der Waals surface area contributed by atoms with Crippen LogP contribution in [0.5, 0.6) is 11.5 Å². The Labute approximate surface area is 114 Å². The van der Waals surface area contributed by atoms with Crippen LogP contribution >= 0.6 is 0 Å². The Balaban J connectivity index is 2.11. The van der Waals surface area contributed by atoms with Crippen LogP contribution in [0.4, 0.5) is 0 Å². The highest BCUT2D eigenvalue weighted by Crippen LogP contribution is 2.52. The third-order valence-electron chi connectivity index (χ3n) is 4.70. The molecule has 1 heterocycles. The van der Waals surface area contributed by atoms with E-state index in [0.717, 1.165) is 35.3 Å². The van der Waals surface area contributed by atoms with Crippen molar-refractivity contribution in [2.75, 3.05) is 0 Å². The third kappa shape index (κ3) is 1.83. The Bertz CT molecular complexity index is 515. The molecule has 104 valence electrons. The normalized spacial score (nSPS) is 23.9. The van der Waals surface area contributed by atoms with Gasteiger partial charge in [0.15, 0.2) is 0 Å². The first-order valence-electron chi connectivity index (χ1n) is 7.17. The molecule has 1 atom stereocenters. The molecule has 1 spiro atoms. The van der Waals surface area contributed by atoms with E-state index in [9.17, 15) is 10.2 Å². The molecule has 3 heteroatoms. The molecule has 0 aromatic heterocycles. The molecule has 0 bridgehead atoms. The number of aromatic hydroxyl groups is 1. The number of hydrogen-bond acceptors (Lipinski definition) is 3. The number of phenols is 1.